The van der Waals surface area contributed by atoms with Crippen molar-refractivity contribution in [1.29, 1.82) is 0 Å². The fourth-order valence-corrected chi connectivity index (χ4v) is 2.06. The van der Waals surface area contributed by atoms with E-state index in [0.717, 1.165) is 4.90 Å². The summed E-state index contributed by atoms with van der Waals surface area (Å²) in [5.74, 6) is 3.03. The lowest BCUT2D eigenvalue weighted by Crippen LogP contribution is -2.32. The number of nitrogens with zero attached hydrogens (tertiary/aromatic N) is 1. The molecular weight excluding hydrogens is 218 g/mol. The smallest absolute Gasteiger partial charge is 0.233 e. The van der Waals surface area contributed by atoms with Crippen molar-refractivity contribution < 1.29 is 4.79 Å². The molecule has 0 N–H and O–H groups in total. The van der Waals surface area contributed by atoms with Crippen LogP contribution in [0.5, 0.6) is 0 Å². The number of thioether (sulfide) groups is 1. The molecule has 0 spiro atoms. The molecule has 0 aliphatic rings. The normalized spacial score (nSPS) is 9.50. The number of benzene rings is 1. The highest BCUT2D eigenvalue weighted by Crippen LogP contribution is 2.17. The monoisotopic (exact) mass is 233 g/mol. The van der Waals surface area contributed by atoms with Crippen LogP contribution in [0.15, 0.2) is 35.2 Å². The first-order valence-corrected chi connectivity index (χ1v) is 6.15. The first-order valence-electron chi connectivity index (χ1n) is 5.17. The number of amides is 1. The van der Waals surface area contributed by atoms with Crippen LogP contribution >= 0.6 is 11.8 Å². The van der Waals surface area contributed by atoms with Gasteiger partial charge in [0.25, 0.3) is 0 Å². The Bertz CT molecular complexity index is 369. The van der Waals surface area contributed by atoms with Crippen LogP contribution < -0.4 is 0 Å². The van der Waals surface area contributed by atoms with Gasteiger partial charge >= 0.3 is 0 Å². The van der Waals surface area contributed by atoms with Crippen LogP contribution in [0, 0.1) is 12.3 Å². The highest BCUT2D eigenvalue weighted by molar-refractivity contribution is 8.00. The van der Waals surface area contributed by atoms with Crippen molar-refractivity contribution in [3.8, 4) is 12.3 Å². The molecule has 1 aromatic carbocycles. The van der Waals surface area contributed by atoms with E-state index in [9.17, 15) is 4.79 Å². The van der Waals surface area contributed by atoms with Crippen LogP contribution in [0.3, 0.4) is 0 Å². The molecule has 1 rings (SSSR count). The van der Waals surface area contributed by atoms with Crippen LogP contribution in [-0.4, -0.2) is 29.6 Å². The fourth-order valence-electron chi connectivity index (χ4n) is 1.24. The lowest BCUT2D eigenvalue weighted by Gasteiger charge is -2.17. The summed E-state index contributed by atoms with van der Waals surface area (Å²) in [6, 6.07) is 9.88. The zero-order chi connectivity index (χ0) is 11.8. The molecule has 0 unspecified atom stereocenters. The van der Waals surface area contributed by atoms with Gasteiger partial charge in [-0.15, -0.1) is 18.2 Å². The third kappa shape index (κ3) is 4.00. The minimum absolute atomic E-state index is 0.0919. The van der Waals surface area contributed by atoms with E-state index >= 15 is 0 Å². The van der Waals surface area contributed by atoms with Crippen molar-refractivity contribution >= 4 is 17.7 Å². The molecule has 1 aromatic rings. The number of carbonyl (C=O) groups excluding carboxylic acids is 1. The maximum Gasteiger partial charge on any atom is 0.233 e. The number of carbonyl (C=O) groups is 1. The van der Waals surface area contributed by atoms with Crippen molar-refractivity contribution in [3.05, 3.63) is 30.3 Å². The van der Waals surface area contributed by atoms with E-state index in [1.807, 2.05) is 37.3 Å². The van der Waals surface area contributed by atoms with E-state index in [2.05, 4.69) is 5.92 Å². The number of hydrogen-bond donors (Lipinski definition) is 0. The van der Waals surface area contributed by atoms with Crippen molar-refractivity contribution in [2.45, 2.75) is 11.8 Å². The van der Waals surface area contributed by atoms with E-state index in [1.54, 1.807) is 4.90 Å². The highest BCUT2D eigenvalue weighted by atomic mass is 32.2. The minimum Gasteiger partial charge on any atom is -0.331 e. The Labute approximate surface area is 101 Å². The van der Waals surface area contributed by atoms with E-state index in [-0.39, 0.29) is 5.91 Å². The molecule has 0 bridgehead atoms. The standard InChI is InChI=1S/C13H15NOS/c1-3-10-14(4-2)13(15)11-16-12-8-6-5-7-9-12/h1,5-9H,4,10-11H2,2H3. The van der Waals surface area contributed by atoms with Crippen molar-refractivity contribution in [3.63, 3.8) is 0 Å². The summed E-state index contributed by atoms with van der Waals surface area (Å²) in [6.07, 6.45) is 5.20. The zero-order valence-corrected chi connectivity index (χ0v) is 10.2. The highest BCUT2D eigenvalue weighted by Gasteiger charge is 2.10. The predicted octanol–water partition coefficient (Wildman–Crippen LogP) is 2.26. The van der Waals surface area contributed by atoms with Crippen LogP contribution in [-0.2, 0) is 4.79 Å². The lowest BCUT2D eigenvalue weighted by molar-refractivity contribution is -0.127. The van der Waals surface area contributed by atoms with Gasteiger partial charge in [-0.1, -0.05) is 24.1 Å². The molecule has 0 aliphatic heterocycles. The molecule has 0 saturated carbocycles. The molecule has 3 heteroatoms. The maximum atomic E-state index is 11.7. The molecule has 0 heterocycles. The Hall–Kier alpha value is -1.40. The van der Waals surface area contributed by atoms with Crippen LogP contribution in [0.2, 0.25) is 0 Å². The van der Waals surface area contributed by atoms with Gasteiger partial charge in [-0.25, -0.2) is 0 Å². The molecule has 0 aliphatic carbocycles. The predicted molar refractivity (Wildman–Crippen MR) is 68.3 cm³/mol. The second-order valence-corrected chi connectivity index (χ2v) is 4.26. The van der Waals surface area contributed by atoms with Crippen LogP contribution in [0.4, 0.5) is 0 Å². The third-order valence-electron chi connectivity index (χ3n) is 2.12. The van der Waals surface area contributed by atoms with Gasteiger partial charge in [0.1, 0.15) is 0 Å². The summed E-state index contributed by atoms with van der Waals surface area (Å²) in [4.78, 5) is 14.5. The van der Waals surface area contributed by atoms with Gasteiger partial charge < -0.3 is 4.90 Å². The van der Waals surface area contributed by atoms with Crippen LogP contribution in [0.1, 0.15) is 6.92 Å². The lowest BCUT2D eigenvalue weighted by atomic mass is 10.4. The first kappa shape index (κ1) is 12.7. The molecule has 2 nitrogen and oxygen atoms in total. The average Bonchev–Trinajstić information content (AvgIpc) is 2.34. The summed E-state index contributed by atoms with van der Waals surface area (Å²) in [7, 11) is 0. The molecular formula is C13H15NOS. The SMILES string of the molecule is C#CCN(CC)C(=O)CSc1ccccc1. The molecule has 1 amide bonds. The zero-order valence-electron chi connectivity index (χ0n) is 9.35. The van der Waals surface area contributed by atoms with E-state index in [1.165, 1.54) is 11.8 Å². The molecule has 84 valence electrons. The Morgan fingerprint density at radius 2 is 2.12 bits per heavy atom. The number of hydrogen-bond acceptors (Lipinski definition) is 2. The Morgan fingerprint density at radius 3 is 2.69 bits per heavy atom. The molecule has 0 saturated heterocycles. The first-order chi connectivity index (χ1) is 7.77. The number of rotatable bonds is 5. The van der Waals surface area contributed by atoms with Crippen molar-refractivity contribution in [2.75, 3.05) is 18.8 Å². The Balaban J connectivity index is 2.43. The van der Waals surface area contributed by atoms with Crippen LogP contribution in [0.25, 0.3) is 0 Å². The van der Waals surface area contributed by atoms with Gasteiger partial charge in [0, 0.05) is 11.4 Å². The van der Waals surface area contributed by atoms with Gasteiger partial charge in [-0.3, -0.25) is 4.79 Å². The fraction of sp³-hybridized carbons (Fsp3) is 0.308. The van der Waals surface area contributed by atoms with Crippen molar-refractivity contribution in [1.82, 2.24) is 4.90 Å². The summed E-state index contributed by atoms with van der Waals surface area (Å²) >= 11 is 1.54. The summed E-state index contributed by atoms with van der Waals surface area (Å²) in [5.41, 5.74) is 0. The Kier molecular flexibility index (Phi) is 5.52. The average molecular weight is 233 g/mol. The summed E-state index contributed by atoms with van der Waals surface area (Å²) in [6.45, 7) is 2.99. The largest absolute Gasteiger partial charge is 0.331 e. The van der Waals surface area contributed by atoms with Gasteiger partial charge in [0.2, 0.25) is 5.91 Å². The van der Waals surface area contributed by atoms with E-state index in [0.29, 0.717) is 18.8 Å². The topological polar surface area (TPSA) is 20.3 Å². The van der Waals surface area contributed by atoms with E-state index < -0.39 is 0 Å². The molecule has 0 aromatic heterocycles. The van der Waals surface area contributed by atoms with Gasteiger partial charge in [0.15, 0.2) is 0 Å². The van der Waals surface area contributed by atoms with Gasteiger partial charge in [-0.05, 0) is 19.1 Å². The summed E-state index contributed by atoms with van der Waals surface area (Å²) in [5, 5.41) is 0. The summed E-state index contributed by atoms with van der Waals surface area (Å²) < 4.78 is 0. The molecule has 0 atom stereocenters. The van der Waals surface area contributed by atoms with Crippen molar-refractivity contribution in [2.24, 2.45) is 0 Å². The third-order valence-corrected chi connectivity index (χ3v) is 3.12. The molecule has 0 radical (unpaired) electrons. The second kappa shape index (κ2) is 6.97. The van der Waals surface area contributed by atoms with Gasteiger partial charge in [0.05, 0.1) is 12.3 Å². The molecule has 16 heavy (non-hydrogen) atoms. The number of terminal acetylenes is 1. The minimum atomic E-state index is 0.0919. The van der Waals surface area contributed by atoms with E-state index in [4.69, 9.17) is 6.42 Å². The van der Waals surface area contributed by atoms with Gasteiger partial charge in [-0.2, -0.15) is 0 Å². The molecule has 0 fully saturated rings. The maximum absolute atomic E-state index is 11.7. The quantitative estimate of drug-likeness (QED) is 0.574. The second-order valence-electron chi connectivity index (χ2n) is 3.21. The Morgan fingerprint density at radius 1 is 1.44 bits per heavy atom.